The number of hydrogen-bond donors (Lipinski definition) is 3. The van der Waals surface area contributed by atoms with E-state index in [2.05, 4.69) is 10.6 Å². The minimum Gasteiger partial charge on any atom is -0.369 e. The molecule has 0 heterocycles. The molecule has 2 aliphatic carbocycles. The summed E-state index contributed by atoms with van der Waals surface area (Å²) >= 11 is 0. The highest BCUT2D eigenvalue weighted by molar-refractivity contribution is 5.90. The fraction of sp³-hybridized carbons (Fsp3) is 0.464. The lowest BCUT2D eigenvalue weighted by molar-refractivity contribution is -0.161. The normalized spacial score (nSPS) is 18.9. The van der Waals surface area contributed by atoms with Gasteiger partial charge in [-0.05, 0) is 60.3 Å². The first-order valence-corrected chi connectivity index (χ1v) is 12.5. The largest absolute Gasteiger partial charge is 0.407 e. The third kappa shape index (κ3) is 5.80. The summed E-state index contributed by atoms with van der Waals surface area (Å²) in [6.45, 7) is 3.66. The average Bonchev–Trinajstić information content (AvgIpc) is 3.77. The molecule has 0 radical (unpaired) electrons. The number of alkyl halides is 3. The van der Waals surface area contributed by atoms with Crippen molar-refractivity contribution in [3.05, 3.63) is 59.7 Å². The number of halogens is 3. The molecule has 4 N–H and O–H groups in total. The summed E-state index contributed by atoms with van der Waals surface area (Å²) in [7, 11) is 0. The monoisotopic (exact) mass is 512 g/mol. The van der Waals surface area contributed by atoms with Crippen LogP contribution in [0.5, 0.6) is 0 Å². The summed E-state index contributed by atoms with van der Waals surface area (Å²) in [6.07, 6.45) is -2.02. The Labute approximate surface area is 214 Å². The van der Waals surface area contributed by atoms with Crippen molar-refractivity contribution in [1.29, 1.82) is 5.26 Å². The minimum atomic E-state index is -4.64. The molecule has 196 valence electrons. The number of carbonyl (C=O) groups excluding carboxylic acids is 2. The summed E-state index contributed by atoms with van der Waals surface area (Å²) in [4.78, 5) is 24.6. The first kappa shape index (κ1) is 26.7. The third-order valence-corrected chi connectivity index (χ3v) is 7.28. The van der Waals surface area contributed by atoms with Gasteiger partial charge in [0.25, 0.3) is 0 Å². The second-order valence-corrected chi connectivity index (χ2v) is 10.7. The molecule has 2 amide bonds. The van der Waals surface area contributed by atoms with E-state index in [0.717, 1.165) is 29.5 Å². The van der Waals surface area contributed by atoms with Crippen molar-refractivity contribution < 1.29 is 22.8 Å². The quantitative estimate of drug-likeness (QED) is 0.431. The number of nitrogens with zero attached hydrogens (tertiary/aromatic N) is 1. The lowest BCUT2D eigenvalue weighted by Crippen LogP contribution is -2.52. The smallest absolute Gasteiger partial charge is 0.369 e. The molecule has 2 aliphatic rings. The van der Waals surface area contributed by atoms with Gasteiger partial charge in [0.05, 0.1) is 17.5 Å². The highest BCUT2D eigenvalue weighted by atomic mass is 19.4. The van der Waals surface area contributed by atoms with Gasteiger partial charge in [-0.2, -0.15) is 18.4 Å². The maximum absolute atomic E-state index is 14.1. The molecule has 2 aromatic carbocycles. The zero-order chi connectivity index (χ0) is 27.0. The van der Waals surface area contributed by atoms with Crippen LogP contribution < -0.4 is 16.4 Å². The van der Waals surface area contributed by atoms with Crippen LogP contribution in [0.2, 0.25) is 0 Å². The van der Waals surface area contributed by atoms with Gasteiger partial charge in [0.1, 0.15) is 11.6 Å². The Kier molecular flexibility index (Phi) is 7.08. The number of primary amides is 1. The highest BCUT2D eigenvalue weighted by Gasteiger charge is 2.50. The van der Waals surface area contributed by atoms with Gasteiger partial charge in [-0.25, -0.2) is 0 Å². The minimum absolute atomic E-state index is 0.0125. The van der Waals surface area contributed by atoms with Gasteiger partial charge in [-0.1, -0.05) is 62.4 Å². The van der Waals surface area contributed by atoms with E-state index in [9.17, 15) is 28.0 Å². The molecule has 4 rings (SSSR count). The summed E-state index contributed by atoms with van der Waals surface area (Å²) in [5, 5.41) is 14.4. The topological polar surface area (TPSA) is 108 Å². The van der Waals surface area contributed by atoms with E-state index in [1.54, 1.807) is 12.1 Å². The maximum atomic E-state index is 14.1. The van der Waals surface area contributed by atoms with E-state index < -0.39 is 35.1 Å². The molecule has 2 fully saturated rings. The predicted molar refractivity (Wildman–Crippen MR) is 133 cm³/mol. The Balaban J connectivity index is 1.53. The summed E-state index contributed by atoms with van der Waals surface area (Å²) < 4.78 is 42.4. The van der Waals surface area contributed by atoms with E-state index in [1.165, 1.54) is 12.1 Å². The Bertz CT molecular complexity index is 1190. The summed E-state index contributed by atoms with van der Waals surface area (Å²) in [5.74, 6) is -0.980. The van der Waals surface area contributed by atoms with Crippen molar-refractivity contribution in [2.75, 3.05) is 0 Å². The molecule has 6 nitrogen and oxygen atoms in total. The molecule has 2 saturated carbocycles. The van der Waals surface area contributed by atoms with Crippen molar-refractivity contribution in [2.45, 2.75) is 75.2 Å². The van der Waals surface area contributed by atoms with Crippen LogP contribution in [0.1, 0.15) is 63.1 Å². The number of rotatable bonds is 10. The van der Waals surface area contributed by atoms with E-state index >= 15 is 0 Å². The molecule has 2 atom stereocenters. The lowest BCUT2D eigenvalue weighted by Gasteiger charge is -2.29. The average molecular weight is 513 g/mol. The number of carbonyl (C=O) groups is 2. The zero-order valence-electron chi connectivity index (χ0n) is 20.9. The predicted octanol–water partition coefficient (Wildman–Crippen LogP) is 4.65. The Hall–Kier alpha value is -3.38. The molecule has 0 spiro atoms. The molecule has 0 bridgehead atoms. The fourth-order valence-corrected chi connectivity index (χ4v) is 4.67. The zero-order valence-corrected chi connectivity index (χ0v) is 20.9. The van der Waals surface area contributed by atoms with Crippen LogP contribution in [0.25, 0.3) is 11.1 Å². The first-order chi connectivity index (χ1) is 17.4. The van der Waals surface area contributed by atoms with Crippen molar-refractivity contribution >= 4 is 11.8 Å². The van der Waals surface area contributed by atoms with Crippen LogP contribution >= 0.6 is 0 Å². The van der Waals surface area contributed by atoms with Gasteiger partial charge in [-0.15, -0.1) is 0 Å². The molecule has 9 heteroatoms. The molecule has 0 aliphatic heterocycles. The second kappa shape index (κ2) is 9.82. The van der Waals surface area contributed by atoms with E-state index in [-0.39, 0.29) is 23.8 Å². The van der Waals surface area contributed by atoms with Crippen molar-refractivity contribution in [3.8, 4) is 17.2 Å². The van der Waals surface area contributed by atoms with Crippen molar-refractivity contribution in [1.82, 2.24) is 10.6 Å². The number of amides is 2. The van der Waals surface area contributed by atoms with Gasteiger partial charge in [0.2, 0.25) is 11.8 Å². The molecular weight excluding hydrogens is 481 g/mol. The van der Waals surface area contributed by atoms with Crippen LogP contribution in [0.3, 0.4) is 0 Å². The lowest BCUT2D eigenvalue weighted by atomic mass is 9.92. The molecule has 2 aromatic rings. The van der Waals surface area contributed by atoms with E-state index in [4.69, 9.17) is 5.73 Å². The van der Waals surface area contributed by atoms with Crippen LogP contribution in [0, 0.1) is 17.2 Å². The molecule has 0 unspecified atom stereocenters. The number of benzene rings is 2. The van der Waals surface area contributed by atoms with Gasteiger partial charge in [-0.3, -0.25) is 14.9 Å². The number of nitrogens with two attached hydrogens (primary N) is 1. The Morgan fingerprint density at radius 2 is 1.54 bits per heavy atom. The molecule has 0 aromatic heterocycles. The van der Waals surface area contributed by atoms with E-state index in [0.29, 0.717) is 12.8 Å². The second-order valence-electron chi connectivity index (χ2n) is 10.7. The molecule has 0 saturated heterocycles. The first-order valence-electron chi connectivity index (χ1n) is 12.5. The third-order valence-electron chi connectivity index (χ3n) is 7.28. The summed E-state index contributed by atoms with van der Waals surface area (Å²) in [6, 6.07) is 12.3. The fourth-order valence-electron chi connectivity index (χ4n) is 4.67. The Morgan fingerprint density at radius 1 is 1.00 bits per heavy atom. The van der Waals surface area contributed by atoms with Gasteiger partial charge in [0, 0.05) is 0 Å². The van der Waals surface area contributed by atoms with Crippen LogP contribution in [0.4, 0.5) is 13.2 Å². The van der Waals surface area contributed by atoms with Crippen LogP contribution in [0.15, 0.2) is 48.5 Å². The summed E-state index contributed by atoms with van der Waals surface area (Å²) in [5.41, 5.74) is 6.34. The Morgan fingerprint density at radius 3 is 1.95 bits per heavy atom. The number of hydrogen-bond acceptors (Lipinski definition) is 4. The van der Waals surface area contributed by atoms with Gasteiger partial charge >= 0.3 is 6.18 Å². The van der Waals surface area contributed by atoms with Crippen LogP contribution in [-0.4, -0.2) is 29.6 Å². The van der Waals surface area contributed by atoms with Crippen molar-refractivity contribution in [2.24, 2.45) is 11.7 Å². The standard InChI is InChI=1S/C28H31F3N4O2/c1-17(2)15-22(24(36)35-26(16-32)11-12-26)34-23(28(29,30)31)20-5-3-18(4-6-20)19-7-9-21(10-8-19)27(13-14-27)25(33)37/h3-10,17,22-23,34H,11-15H2,1-2H3,(H2,33,37)(H,35,36)/t22-,23-/m0/s1. The number of nitriles is 1. The van der Waals surface area contributed by atoms with Crippen molar-refractivity contribution in [3.63, 3.8) is 0 Å². The van der Waals surface area contributed by atoms with E-state index in [1.807, 2.05) is 44.2 Å². The molecular formula is C28H31F3N4O2. The highest BCUT2D eigenvalue weighted by Crippen LogP contribution is 2.48. The SMILES string of the molecule is CC(C)C[C@H](N[C@@H](c1ccc(-c2ccc(C3(C(N)=O)CC3)cc2)cc1)C(F)(F)F)C(=O)NC1(C#N)CC1. The van der Waals surface area contributed by atoms with Crippen LogP contribution in [-0.2, 0) is 15.0 Å². The number of nitrogens with one attached hydrogen (secondary N) is 2. The van der Waals surface area contributed by atoms with Gasteiger partial charge in [0.15, 0.2) is 0 Å². The molecule has 37 heavy (non-hydrogen) atoms. The van der Waals surface area contributed by atoms with Gasteiger partial charge < -0.3 is 11.1 Å². The maximum Gasteiger partial charge on any atom is 0.407 e.